The number of carbonyl (C=O) groups excluding carboxylic acids is 1. The van der Waals surface area contributed by atoms with Crippen LogP contribution < -0.4 is 4.84 Å². The first kappa shape index (κ1) is 11.8. The summed E-state index contributed by atoms with van der Waals surface area (Å²) in [6, 6.07) is 19.3. The molecule has 4 nitrogen and oxygen atoms in total. The molecule has 0 amide bonds. The summed E-state index contributed by atoms with van der Waals surface area (Å²) in [5.41, 5.74) is 1.70. The van der Waals surface area contributed by atoms with Crippen molar-refractivity contribution in [3.8, 4) is 0 Å². The molecule has 0 N–H and O–H groups in total. The van der Waals surface area contributed by atoms with Crippen molar-refractivity contribution in [2.45, 2.75) is 0 Å². The predicted octanol–water partition coefficient (Wildman–Crippen LogP) is 3.69. The van der Waals surface area contributed by atoms with Gasteiger partial charge in [0.1, 0.15) is 0 Å². The number of para-hydroxylation sites is 2. The Morgan fingerprint density at radius 2 is 1.38 bits per heavy atom. The lowest BCUT2D eigenvalue weighted by atomic mass is 10.2. The van der Waals surface area contributed by atoms with Crippen molar-refractivity contribution in [2.24, 2.45) is 0 Å². The highest BCUT2D eigenvalue weighted by atomic mass is 16.7. The first-order chi connectivity index (χ1) is 10.3. The molecule has 102 valence electrons. The van der Waals surface area contributed by atoms with Gasteiger partial charge in [0.05, 0.1) is 11.0 Å². The van der Waals surface area contributed by atoms with Crippen molar-refractivity contribution in [2.75, 3.05) is 0 Å². The third kappa shape index (κ3) is 1.89. The number of carbonyl (C=O) groups is 1. The fourth-order valence-corrected chi connectivity index (χ4v) is 2.51. The summed E-state index contributed by atoms with van der Waals surface area (Å²) >= 11 is 0. The van der Waals surface area contributed by atoms with Crippen molar-refractivity contribution in [3.05, 3.63) is 73.1 Å². The minimum atomic E-state index is -0.433. The second-order valence-corrected chi connectivity index (χ2v) is 4.80. The van der Waals surface area contributed by atoms with E-state index in [1.54, 1.807) is 12.4 Å². The van der Waals surface area contributed by atoms with Gasteiger partial charge in [-0.05, 0) is 24.3 Å². The minimum absolute atomic E-state index is 0.433. The van der Waals surface area contributed by atoms with Crippen LogP contribution in [0.5, 0.6) is 0 Å². The monoisotopic (exact) mass is 276 g/mol. The SMILES string of the molecule is O=C(On1ccc2ccccc21)n1ccc2ccccc21. The maximum Gasteiger partial charge on any atom is 0.443 e. The summed E-state index contributed by atoms with van der Waals surface area (Å²) < 4.78 is 3.00. The lowest BCUT2D eigenvalue weighted by Crippen LogP contribution is -2.23. The molecule has 21 heavy (non-hydrogen) atoms. The van der Waals surface area contributed by atoms with Crippen molar-refractivity contribution < 1.29 is 9.63 Å². The lowest BCUT2D eigenvalue weighted by molar-refractivity contribution is 0.141. The highest BCUT2D eigenvalue weighted by molar-refractivity contribution is 5.89. The van der Waals surface area contributed by atoms with Crippen LogP contribution >= 0.6 is 0 Å². The number of fused-ring (bicyclic) bond motifs is 2. The van der Waals surface area contributed by atoms with E-state index in [1.807, 2.05) is 60.7 Å². The van der Waals surface area contributed by atoms with Gasteiger partial charge in [0.25, 0.3) is 0 Å². The summed E-state index contributed by atoms with van der Waals surface area (Å²) in [4.78, 5) is 17.8. The highest BCUT2D eigenvalue weighted by Crippen LogP contribution is 2.16. The van der Waals surface area contributed by atoms with Gasteiger partial charge in [-0.1, -0.05) is 36.4 Å². The summed E-state index contributed by atoms with van der Waals surface area (Å²) in [7, 11) is 0. The second kappa shape index (κ2) is 4.52. The van der Waals surface area contributed by atoms with E-state index < -0.39 is 6.09 Å². The van der Waals surface area contributed by atoms with Crippen LogP contribution in [-0.2, 0) is 0 Å². The fraction of sp³-hybridized carbons (Fsp3) is 0. The third-order valence-electron chi connectivity index (χ3n) is 3.54. The molecule has 0 radical (unpaired) electrons. The maximum atomic E-state index is 12.4. The molecule has 0 atom stereocenters. The first-order valence-electron chi connectivity index (χ1n) is 6.68. The van der Waals surface area contributed by atoms with Crippen LogP contribution in [0.1, 0.15) is 0 Å². The highest BCUT2D eigenvalue weighted by Gasteiger charge is 2.12. The van der Waals surface area contributed by atoms with Gasteiger partial charge in [-0.25, -0.2) is 4.79 Å². The quantitative estimate of drug-likeness (QED) is 0.531. The van der Waals surface area contributed by atoms with Crippen LogP contribution in [0.4, 0.5) is 4.79 Å². The first-order valence-corrected chi connectivity index (χ1v) is 6.68. The fourth-order valence-electron chi connectivity index (χ4n) is 2.51. The third-order valence-corrected chi connectivity index (χ3v) is 3.54. The van der Waals surface area contributed by atoms with Crippen LogP contribution in [0, 0.1) is 0 Å². The zero-order chi connectivity index (χ0) is 14.2. The van der Waals surface area contributed by atoms with Crippen LogP contribution in [0.2, 0.25) is 0 Å². The molecule has 4 aromatic rings. The molecule has 0 aliphatic heterocycles. The van der Waals surface area contributed by atoms with Crippen molar-refractivity contribution in [1.82, 2.24) is 9.30 Å². The molecule has 2 aromatic heterocycles. The predicted molar refractivity (Wildman–Crippen MR) is 81.3 cm³/mol. The Bertz CT molecular complexity index is 949. The van der Waals surface area contributed by atoms with E-state index in [0.29, 0.717) is 0 Å². The molecule has 0 aliphatic carbocycles. The number of nitrogens with zero attached hydrogens (tertiary/aromatic N) is 2. The van der Waals surface area contributed by atoms with Crippen LogP contribution in [0.25, 0.3) is 21.8 Å². The molecular formula is C17H12N2O2. The molecule has 2 aromatic carbocycles. The van der Waals surface area contributed by atoms with E-state index in [2.05, 4.69) is 0 Å². The standard InChI is InChI=1S/C17H12N2O2/c20-17(18-11-9-13-5-1-3-7-15(13)18)21-19-12-10-14-6-2-4-8-16(14)19/h1-12H. The Balaban J connectivity index is 1.72. The van der Waals surface area contributed by atoms with Crippen molar-refractivity contribution >= 4 is 27.9 Å². The zero-order valence-corrected chi connectivity index (χ0v) is 11.1. The van der Waals surface area contributed by atoms with Gasteiger partial charge >= 0.3 is 6.09 Å². The molecule has 0 unspecified atom stereocenters. The van der Waals surface area contributed by atoms with E-state index in [9.17, 15) is 4.79 Å². The molecule has 0 saturated heterocycles. The molecule has 0 spiro atoms. The average Bonchev–Trinajstić information content (AvgIpc) is 3.12. The second-order valence-electron chi connectivity index (χ2n) is 4.80. The largest absolute Gasteiger partial charge is 0.443 e. The molecule has 4 rings (SSSR count). The summed E-state index contributed by atoms with van der Waals surface area (Å²) in [6.45, 7) is 0. The van der Waals surface area contributed by atoms with Gasteiger partial charge < -0.3 is 4.84 Å². The number of hydrogen-bond donors (Lipinski definition) is 0. The van der Waals surface area contributed by atoms with Gasteiger partial charge in [0, 0.05) is 23.2 Å². The molecule has 4 heteroatoms. The van der Waals surface area contributed by atoms with Crippen LogP contribution in [0.15, 0.2) is 73.1 Å². The molecule has 0 aliphatic rings. The lowest BCUT2D eigenvalue weighted by Gasteiger charge is -2.07. The van der Waals surface area contributed by atoms with Gasteiger partial charge in [-0.3, -0.25) is 4.57 Å². The van der Waals surface area contributed by atoms with Crippen LogP contribution in [0.3, 0.4) is 0 Å². The Morgan fingerprint density at radius 3 is 2.19 bits per heavy atom. The Labute approximate surface area is 120 Å². The summed E-state index contributed by atoms with van der Waals surface area (Å²) in [5, 5.41) is 2.04. The van der Waals surface area contributed by atoms with E-state index >= 15 is 0 Å². The molecule has 0 bridgehead atoms. The number of benzene rings is 2. The van der Waals surface area contributed by atoms with Crippen molar-refractivity contribution in [1.29, 1.82) is 0 Å². The molecule has 0 fully saturated rings. The molecular weight excluding hydrogens is 264 g/mol. The Hall–Kier alpha value is -3.01. The number of rotatable bonds is 1. The normalized spacial score (nSPS) is 11.0. The Morgan fingerprint density at radius 1 is 0.762 bits per heavy atom. The average molecular weight is 276 g/mol. The maximum absolute atomic E-state index is 12.4. The van der Waals surface area contributed by atoms with Gasteiger partial charge in [0.15, 0.2) is 0 Å². The summed E-state index contributed by atoms with van der Waals surface area (Å²) in [6.07, 6.45) is 3.03. The number of aromatic nitrogens is 2. The molecule has 2 heterocycles. The summed E-state index contributed by atoms with van der Waals surface area (Å²) in [5.74, 6) is 0. The Kier molecular flexibility index (Phi) is 2.54. The van der Waals surface area contributed by atoms with Gasteiger partial charge in [-0.15, -0.1) is 0 Å². The topological polar surface area (TPSA) is 36.2 Å². The van der Waals surface area contributed by atoms with Crippen molar-refractivity contribution in [3.63, 3.8) is 0 Å². The van der Waals surface area contributed by atoms with Gasteiger partial charge in [-0.2, -0.15) is 4.73 Å². The zero-order valence-electron chi connectivity index (χ0n) is 11.1. The van der Waals surface area contributed by atoms with E-state index in [1.165, 1.54) is 9.30 Å². The van der Waals surface area contributed by atoms with Gasteiger partial charge in [0.2, 0.25) is 0 Å². The van der Waals surface area contributed by atoms with E-state index in [4.69, 9.17) is 4.84 Å². The van der Waals surface area contributed by atoms with Crippen LogP contribution in [-0.4, -0.2) is 15.4 Å². The van der Waals surface area contributed by atoms with E-state index in [-0.39, 0.29) is 0 Å². The van der Waals surface area contributed by atoms with E-state index in [0.717, 1.165) is 21.8 Å². The minimum Gasteiger partial charge on any atom is -0.316 e. The molecule has 0 saturated carbocycles. The smallest absolute Gasteiger partial charge is 0.316 e. The number of hydrogen-bond acceptors (Lipinski definition) is 2.